The maximum absolute atomic E-state index is 12.8. The first-order valence-electron chi connectivity index (χ1n) is 12.0. The van der Waals surface area contributed by atoms with Crippen LogP contribution in [0.5, 0.6) is 11.5 Å². The van der Waals surface area contributed by atoms with Gasteiger partial charge in [0.15, 0.2) is 11.5 Å². The fourth-order valence-electron chi connectivity index (χ4n) is 3.25. The number of ether oxygens (including phenoxy) is 2. The van der Waals surface area contributed by atoms with Gasteiger partial charge in [-0.15, -0.1) is 0 Å². The Balaban J connectivity index is 0.000000976. The predicted molar refractivity (Wildman–Crippen MR) is 149 cm³/mol. The Kier molecular flexibility index (Phi) is 10.5. The maximum Gasteiger partial charge on any atom is 0.343 e. The van der Waals surface area contributed by atoms with Crippen molar-refractivity contribution in [3.63, 3.8) is 0 Å². The molecule has 0 saturated heterocycles. The van der Waals surface area contributed by atoms with Gasteiger partial charge in [0.2, 0.25) is 0 Å². The van der Waals surface area contributed by atoms with E-state index in [-0.39, 0.29) is 16.9 Å². The van der Waals surface area contributed by atoms with Crippen LogP contribution < -0.4 is 15.2 Å². The third-order valence-electron chi connectivity index (χ3n) is 5.63. The van der Waals surface area contributed by atoms with E-state index in [1.807, 2.05) is 46.8 Å². The van der Waals surface area contributed by atoms with E-state index < -0.39 is 34.2 Å². The van der Waals surface area contributed by atoms with E-state index in [0.29, 0.717) is 22.9 Å². The molecule has 0 radical (unpaired) electrons. The molecule has 2 atom stereocenters. The number of hydrogen-bond donors (Lipinski definition) is 3. The summed E-state index contributed by atoms with van der Waals surface area (Å²) in [5.74, 6) is -1.12. The fraction of sp³-hybridized carbons (Fsp3) is 0.310. The van der Waals surface area contributed by atoms with Crippen molar-refractivity contribution in [1.82, 2.24) is 0 Å². The highest BCUT2D eigenvalue weighted by Crippen LogP contribution is 2.35. The standard InChI is InChI=1S/C28H31NO5.CH4O3S/c1-17-6-10-19(11-7-17)26(31)33-22-15-14-21(24(30)25(29)28(3,4)5)16-23(22)34-27(32)20-12-8-18(2)9-13-20;1-5(2,3)4/h6-16,24-25,30H,29H2,1-5H3;1H3,(H,2,3,4). The number of carbonyl (C=O) groups excluding carboxylic acids is 2. The van der Waals surface area contributed by atoms with Crippen LogP contribution in [0.15, 0.2) is 66.7 Å². The van der Waals surface area contributed by atoms with Gasteiger partial charge >= 0.3 is 11.9 Å². The molecule has 0 bridgehead atoms. The molecule has 4 N–H and O–H groups in total. The van der Waals surface area contributed by atoms with Crippen molar-refractivity contribution in [3.8, 4) is 11.5 Å². The number of benzene rings is 3. The Morgan fingerprint density at radius 3 is 1.56 bits per heavy atom. The topological polar surface area (TPSA) is 153 Å². The van der Waals surface area contributed by atoms with Gasteiger partial charge in [-0.3, -0.25) is 4.55 Å². The number of aliphatic hydroxyl groups is 1. The maximum atomic E-state index is 12.8. The van der Waals surface area contributed by atoms with E-state index >= 15 is 0 Å². The number of rotatable bonds is 6. The van der Waals surface area contributed by atoms with E-state index in [2.05, 4.69) is 0 Å². The van der Waals surface area contributed by atoms with Crippen molar-refractivity contribution in [2.75, 3.05) is 6.26 Å². The largest absolute Gasteiger partial charge is 0.419 e. The van der Waals surface area contributed by atoms with Gasteiger partial charge in [-0.25, -0.2) is 9.59 Å². The summed E-state index contributed by atoms with van der Waals surface area (Å²) >= 11 is 0. The van der Waals surface area contributed by atoms with Gasteiger partial charge in [-0.2, -0.15) is 8.42 Å². The van der Waals surface area contributed by atoms with Gasteiger partial charge in [0.05, 0.1) is 23.5 Å². The number of nitrogens with two attached hydrogens (primary N) is 1. The Morgan fingerprint density at radius 1 is 0.795 bits per heavy atom. The van der Waals surface area contributed by atoms with Crippen LogP contribution >= 0.6 is 0 Å². The van der Waals surface area contributed by atoms with Crippen molar-refractivity contribution in [1.29, 1.82) is 0 Å². The monoisotopic (exact) mass is 557 g/mol. The Morgan fingerprint density at radius 2 is 1.18 bits per heavy atom. The molecule has 0 heterocycles. The molecule has 0 fully saturated rings. The molecule has 0 aliphatic rings. The quantitative estimate of drug-likeness (QED) is 0.223. The zero-order chi connectivity index (χ0) is 29.5. The lowest BCUT2D eigenvalue weighted by atomic mass is 9.82. The van der Waals surface area contributed by atoms with Crippen LogP contribution in [-0.4, -0.2) is 42.3 Å². The van der Waals surface area contributed by atoms with Crippen LogP contribution in [0.25, 0.3) is 0 Å². The third-order valence-corrected chi connectivity index (χ3v) is 5.63. The molecule has 3 aromatic rings. The molecule has 0 aliphatic carbocycles. The summed E-state index contributed by atoms with van der Waals surface area (Å²) in [6, 6.07) is 17.9. The molecule has 0 amide bonds. The molecule has 9 nitrogen and oxygen atoms in total. The van der Waals surface area contributed by atoms with Gasteiger partial charge in [-0.05, 0) is 61.2 Å². The number of aryl methyl sites for hydroxylation is 2. The van der Waals surface area contributed by atoms with Crippen LogP contribution in [0.3, 0.4) is 0 Å². The van der Waals surface area contributed by atoms with E-state index in [4.69, 9.17) is 19.8 Å². The molecular weight excluding hydrogens is 522 g/mol. The second-order valence-electron chi connectivity index (χ2n) is 10.3. The summed E-state index contributed by atoms with van der Waals surface area (Å²) in [6.07, 6.45) is -0.300. The second-order valence-corrected chi connectivity index (χ2v) is 11.8. The lowest BCUT2D eigenvalue weighted by Crippen LogP contribution is -2.40. The number of carbonyl (C=O) groups is 2. The van der Waals surface area contributed by atoms with Crippen molar-refractivity contribution in [2.45, 2.75) is 46.8 Å². The minimum atomic E-state index is -3.67. The highest BCUT2D eigenvalue weighted by atomic mass is 32.2. The van der Waals surface area contributed by atoms with Crippen molar-refractivity contribution < 1.29 is 37.1 Å². The molecular formula is C29H35NO8S. The lowest BCUT2D eigenvalue weighted by molar-refractivity contribution is 0.0679. The lowest BCUT2D eigenvalue weighted by Gasteiger charge is -2.31. The molecule has 0 aromatic heterocycles. The minimum absolute atomic E-state index is 0.0173. The Hall–Kier alpha value is -3.57. The second kappa shape index (κ2) is 13.0. The summed E-state index contributed by atoms with van der Waals surface area (Å²) < 4.78 is 37.0. The Labute approximate surface area is 229 Å². The summed E-state index contributed by atoms with van der Waals surface area (Å²) in [4.78, 5) is 25.5. The molecule has 210 valence electrons. The first kappa shape index (κ1) is 31.6. The van der Waals surface area contributed by atoms with Crippen LogP contribution in [0.2, 0.25) is 0 Å². The number of aliphatic hydroxyl groups excluding tert-OH is 1. The van der Waals surface area contributed by atoms with Gasteiger partial charge < -0.3 is 20.3 Å². The van der Waals surface area contributed by atoms with E-state index in [1.54, 1.807) is 42.5 Å². The first-order valence-corrected chi connectivity index (χ1v) is 13.9. The molecule has 3 rings (SSSR count). The fourth-order valence-corrected chi connectivity index (χ4v) is 3.25. The summed E-state index contributed by atoms with van der Waals surface area (Å²) in [7, 11) is -3.67. The van der Waals surface area contributed by atoms with Crippen LogP contribution in [0.4, 0.5) is 0 Å². The number of esters is 2. The normalized spacial score (nSPS) is 12.9. The van der Waals surface area contributed by atoms with Gasteiger partial charge in [0.25, 0.3) is 10.1 Å². The summed E-state index contributed by atoms with van der Waals surface area (Å²) in [6.45, 7) is 9.62. The average molecular weight is 558 g/mol. The van der Waals surface area contributed by atoms with Crippen molar-refractivity contribution in [3.05, 3.63) is 94.5 Å². The molecule has 3 aromatic carbocycles. The molecule has 0 spiro atoms. The van der Waals surface area contributed by atoms with Crippen LogP contribution in [-0.2, 0) is 10.1 Å². The zero-order valence-corrected chi connectivity index (χ0v) is 23.7. The third kappa shape index (κ3) is 10.3. The molecule has 39 heavy (non-hydrogen) atoms. The van der Waals surface area contributed by atoms with Crippen LogP contribution in [0, 0.1) is 19.3 Å². The summed E-state index contributed by atoms with van der Waals surface area (Å²) in [5.41, 5.74) is 9.05. The molecule has 10 heteroatoms. The van der Waals surface area contributed by atoms with E-state index in [1.165, 1.54) is 12.1 Å². The van der Waals surface area contributed by atoms with Crippen molar-refractivity contribution >= 4 is 22.1 Å². The van der Waals surface area contributed by atoms with Gasteiger partial charge in [0.1, 0.15) is 0 Å². The van der Waals surface area contributed by atoms with E-state index in [9.17, 15) is 23.1 Å². The first-order chi connectivity index (χ1) is 18.0. The van der Waals surface area contributed by atoms with E-state index in [0.717, 1.165) is 11.1 Å². The molecule has 0 saturated carbocycles. The van der Waals surface area contributed by atoms with Gasteiger partial charge in [-0.1, -0.05) is 62.2 Å². The molecule has 0 aliphatic heterocycles. The van der Waals surface area contributed by atoms with Crippen LogP contribution in [0.1, 0.15) is 64.3 Å². The average Bonchev–Trinajstić information content (AvgIpc) is 2.83. The summed E-state index contributed by atoms with van der Waals surface area (Å²) in [5, 5.41) is 10.8. The molecule has 2 unspecified atom stereocenters. The number of hydrogen-bond acceptors (Lipinski definition) is 8. The SMILES string of the molecule is CS(=O)(=O)O.Cc1ccc(C(=O)Oc2ccc(C(O)C(N)C(C)(C)C)cc2OC(=O)c2ccc(C)cc2)cc1. The van der Waals surface area contributed by atoms with Crippen molar-refractivity contribution in [2.24, 2.45) is 11.1 Å². The van der Waals surface area contributed by atoms with Gasteiger partial charge in [0, 0.05) is 6.04 Å². The smallest absolute Gasteiger partial charge is 0.343 e. The predicted octanol–water partition coefficient (Wildman–Crippen LogP) is 4.65. The highest BCUT2D eigenvalue weighted by molar-refractivity contribution is 7.85. The Bertz CT molecular complexity index is 1380. The zero-order valence-electron chi connectivity index (χ0n) is 22.8. The highest BCUT2D eigenvalue weighted by Gasteiger charge is 2.29. The minimum Gasteiger partial charge on any atom is -0.419 e.